The van der Waals surface area contributed by atoms with Crippen LogP contribution in [0, 0.1) is 29.6 Å². The number of hydrogen-bond acceptors (Lipinski definition) is 2. The van der Waals surface area contributed by atoms with Crippen LogP contribution in [-0.2, 0) is 6.54 Å². The number of Topliss-reactive ketones (excluding diaryl/α,β-unsaturated/α-hetero) is 1. The van der Waals surface area contributed by atoms with Gasteiger partial charge in [-0.2, -0.15) is 5.10 Å². The van der Waals surface area contributed by atoms with Crippen LogP contribution in [0.5, 0.6) is 0 Å². The number of nitrogens with zero attached hydrogens (tertiary/aromatic N) is 2. The van der Waals surface area contributed by atoms with Crippen LogP contribution < -0.4 is 0 Å². The van der Waals surface area contributed by atoms with Crippen LogP contribution in [0.4, 0.5) is 0 Å². The molecule has 102 valence electrons. The van der Waals surface area contributed by atoms with Crippen molar-refractivity contribution < 1.29 is 4.79 Å². The van der Waals surface area contributed by atoms with E-state index >= 15 is 0 Å². The van der Waals surface area contributed by atoms with Crippen molar-refractivity contribution in [3.05, 3.63) is 18.0 Å². The standard InChI is InChI=1S/C16H22N2O/c1-2-18-14(3-4-17-18)16(19)15-12-6-10-5-11(8-12)9-13(15)7-10/h3-4,10-13,15H,2,5-9H2,1H3. The summed E-state index contributed by atoms with van der Waals surface area (Å²) in [7, 11) is 0. The molecular formula is C16H22N2O. The fourth-order valence-corrected chi connectivity index (χ4v) is 5.32. The molecule has 0 unspecified atom stereocenters. The highest BCUT2D eigenvalue weighted by molar-refractivity contribution is 5.96. The summed E-state index contributed by atoms with van der Waals surface area (Å²) in [6.07, 6.45) is 8.45. The predicted octanol–water partition coefficient (Wildman–Crippen LogP) is 3.16. The Morgan fingerprint density at radius 2 is 1.84 bits per heavy atom. The van der Waals surface area contributed by atoms with Crippen molar-refractivity contribution >= 4 is 5.78 Å². The smallest absolute Gasteiger partial charge is 0.184 e. The first-order chi connectivity index (χ1) is 9.26. The fraction of sp³-hybridized carbons (Fsp3) is 0.750. The zero-order valence-corrected chi connectivity index (χ0v) is 11.6. The first-order valence-corrected chi connectivity index (χ1v) is 7.82. The zero-order valence-electron chi connectivity index (χ0n) is 11.6. The molecule has 5 rings (SSSR count). The summed E-state index contributed by atoms with van der Waals surface area (Å²) < 4.78 is 1.87. The Kier molecular flexibility index (Phi) is 2.58. The van der Waals surface area contributed by atoms with E-state index in [1.54, 1.807) is 6.20 Å². The first-order valence-electron chi connectivity index (χ1n) is 7.82. The number of aryl methyl sites for hydroxylation is 1. The number of ketones is 1. The number of carbonyl (C=O) groups is 1. The van der Waals surface area contributed by atoms with E-state index in [9.17, 15) is 4.79 Å². The van der Waals surface area contributed by atoms with Crippen LogP contribution in [0.3, 0.4) is 0 Å². The second-order valence-corrected chi connectivity index (χ2v) is 6.85. The van der Waals surface area contributed by atoms with Gasteiger partial charge in [0.15, 0.2) is 5.78 Å². The van der Waals surface area contributed by atoms with E-state index in [-0.39, 0.29) is 0 Å². The third-order valence-electron chi connectivity index (χ3n) is 5.80. The molecule has 0 atom stereocenters. The fourth-order valence-electron chi connectivity index (χ4n) is 5.32. The molecule has 0 saturated heterocycles. The molecule has 1 aromatic heterocycles. The number of aromatic nitrogens is 2. The van der Waals surface area contributed by atoms with Crippen LogP contribution in [0.25, 0.3) is 0 Å². The molecule has 4 saturated carbocycles. The molecule has 4 fully saturated rings. The minimum Gasteiger partial charge on any atom is -0.292 e. The lowest BCUT2D eigenvalue weighted by molar-refractivity contribution is -0.0255. The van der Waals surface area contributed by atoms with Gasteiger partial charge in [0.25, 0.3) is 0 Å². The van der Waals surface area contributed by atoms with E-state index in [0.29, 0.717) is 23.5 Å². The summed E-state index contributed by atoms with van der Waals surface area (Å²) in [5, 5.41) is 4.26. The van der Waals surface area contributed by atoms with Crippen molar-refractivity contribution in [3.8, 4) is 0 Å². The molecule has 1 heterocycles. The highest BCUT2D eigenvalue weighted by Gasteiger charge is 2.51. The van der Waals surface area contributed by atoms with Gasteiger partial charge >= 0.3 is 0 Å². The Bertz CT molecular complexity index is 477. The highest BCUT2D eigenvalue weighted by atomic mass is 16.1. The van der Waals surface area contributed by atoms with Crippen molar-refractivity contribution in [2.45, 2.75) is 45.6 Å². The normalized spacial score (nSPS) is 39.7. The van der Waals surface area contributed by atoms with Gasteiger partial charge in [-0.15, -0.1) is 0 Å². The van der Waals surface area contributed by atoms with E-state index in [4.69, 9.17) is 0 Å². The van der Waals surface area contributed by atoms with Gasteiger partial charge in [-0.05, 0) is 68.8 Å². The lowest BCUT2D eigenvalue weighted by Gasteiger charge is -2.53. The number of rotatable bonds is 3. The second-order valence-electron chi connectivity index (χ2n) is 6.85. The molecule has 1 aromatic rings. The maximum atomic E-state index is 12.9. The molecule has 0 amide bonds. The minimum absolute atomic E-state index is 0.301. The Balaban J connectivity index is 1.64. The summed E-state index contributed by atoms with van der Waals surface area (Å²) >= 11 is 0. The van der Waals surface area contributed by atoms with Crippen molar-refractivity contribution in [1.29, 1.82) is 0 Å². The monoisotopic (exact) mass is 258 g/mol. The van der Waals surface area contributed by atoms with E-state index in [2.05, 4.69) is 12.0 Å². The first kappa shape index (κ1) is 11.7. The van der Waals surface area contributed by atoms with Crippen LogP contribution in [0.2, 0.25) is 0 Å². The Labute approximate surface area is 114 Å². The lowest BCUT2D eigenvalue weighted by Crippen LogP contribution is -2.48. The summed E-state index contributed by atoms with van der Waals surface area (Å²) in [4.78, 5) is 12.9. The van der Waals surface area contributed by atoms with Crippen molar-refractivity contribution in [3.63, 3.8) is 0 Å². The number of hydrogen-bond donors (Lipinski definition) is 0. The molecule has 0 radical (unpaired) electrons. The Hall–Kier alpha value is -1.12. The van der Waals surface area contributed by atoms with Crippen LogP contribution in [0.15, 0.2) is 12.3 Å². The molecule has 0 aromatic carbocycles. The quantitative estimate of drug-likeness (QED) is 0.781. The van der Waals surface area contributed by atoms with Crippen LogP contribution in [0.1, 0.15) is 49.5 Å². The average Bonchev–Trinajstić information content (AvgIpc) is 2.85. The van der Waals surface area contributed by atoms with Gasteiger partial charge in [-0.1, -0.05) is 0 Å². The van der Waals surface area contributed by atoms with Crippen molar-refractivity contribution in [1.82, 2.24) is 9.78 Å². The summed E-state index contributed by atoms with van der Waals surface area (Å²) in [5.74, 6) is 3.89. The summed E-state index contributed by atoms with van der Waals surface area (Å²) in [6, 6.07) is 1.91. The molecule has 4 aliphatic carbocycles. The minimum atomic E-state index is 0.301. The van der Waals surface area contributed by atoms with Crippen molar-refractivity contribution in [2.75, 3.05) is 0 Å². The van der Waals surface area contributed by atoms with Gasteiger partial charge in [-0.25, -0.2) is 0 Å². The molecular weight excluding hydrogens is 236 g/mol. The molecule has 3 nitrogen and oxygen atoms in total. The molecule has 19 heavy (non-hydrogen) atoms. The molecule has 3 heteroatoms. The number of carbonyl (C=O) groups excluding carboxylic acids is 1. The van der Waals surface area contributed by atoms with Gasteiger partial charge in [0.2, 0.25) is 0 Å². The van der Waals surface area contributed by atoms with Gasteiger partial charge in [-0.3, -0.25) is 9.48 Å². The summed E-state index contributed by atoms with van der Waals surface area (Å²) in [5.41, 5.74) is 0.847. The molecule has 0 spiro atoms. The lowest BCUT2D eigenvalue weighted by atomic mass is 9.51. The van der Waals surface area contributed by atoms with Gasteiger partial charge < -0.3 is 0 Å². The van der Waals surface area contributed by atoms with E-state index < -0.39 is 0 Å². The van der Waals surface area contributed by atoms with Gasteiger partial charge in [0, 0.05) is 18.7 Å². The molecule has 0 aliphatic heterocycles. The Morgan fingerprint density at radius 3 is 2.42 bits per heavy atom. The van der Waals surface area contributed by atoms with Gasteiger partial charge in [0.05, 0.1) is 0 Å². The highest BCUT2D eigenvalue weighted by Crippen LogP contribution is 2.57. The maximum Gasteiger partial charge on any atom is 0.184 e. The third kappa shape index (κ3) is 1.70. The van der Waals surface area contributed by atoms with Gasteiger partial charge in [0.1, 0.15) is 5.69 Å². The van der Waals surface area contributed by atoms with Crippen LogP contribution >= 0.6 is 0 Å². The second kappa shape index (κ2) is 4.19. The van der Waals surface area contributed by atoms with E-state index in [1.165, 1.54) is 32.1 Å². The maximum absolute atomic E-state index is 12.9. The van der Waals surface area contributed by atoms with E-state index in [1.807, 2.05) is 10.7 Å². The average molecular weight is 258 g/mol. The summed E-state index contributed by atoms with van der Waals surface area (Å²) in [6.45, 7) is 2.85. The predicted molar refractivity (Wildman–Crippen MR) is 72.8 cm³/mol. The third-order valence-corrected chi connectivity index (χ3v) is 5.80. The van der Waals surface area contributed by atoms with Crippen LogP contribution in [-0.4, -0.2) is 15.6 Å². The Morgan fingerprint density at radius 1 is 1.21 bits per heavy atom. The largest absolute Gasteiger partial charge is 0.292 e. The molecule has 4 aliphatic rings. The SMILES string of the molecule is CCn1nccc1C(=O)C1C2CC3CC(C2)CC1C3. The molecule has 4 bridgehead atoms. The zero-order chi connectivity index (χ0) is 13.0. The molecule has 0 N–H and O–H groups in total. The topological polar surface area (TPSA) is 34.9 Å². The van der Waals surface area contributed by atoms with E-state index in [0.717, 1.165) is 24.1 Å². The van der Waals surface area contributed by atoms with Crippen molar-refractivity contribution in [2.24, 2.45) is 29.6 Å².